The normalized spacial score (nSPS) is 15.2. The highest BCUT2D eigenvalue weighted by atomic mass is 19.4. The molecule has 2 rings (SSSR count). The lowest BCUT2D eigenvalue weighted by Crippen LogP contribution is -2.08. The van der Waals surface area contributed by atoms with Crippen LogP contribution in [-0.2, 0) is 6.18 Å². The molecule has 5 heteroatoms. The quantitative estimate of drug-likeness (QED) is 0.820. The van der Waals surface area contributed by atoms with Crippen LogP contribution >= 0.6 is 0 Å². The Morgan fingerprint density at radius 1 is 1.33 bits per heavy atom. The summed E-state index contributed by atoms with van der Waals surface area (Å²) >= 11 is 0. The van der Waals surface area contributed by atoms with Crippen molar-refractivity contribution in [2.75, 3.05) is 6.61 Å². The third-order valence-corrected chi connectivity index (χ3v) is 2.91. The number of hydrogen-bond acceptors (Lipinski definition) is 2. The van der Waals surface area contributed by atoms with Gasteiger partial charge >= 0.3 is 6.18 Å². The molecule has 0 bridgehead atoms. The molecule has 0 N–H and O–H groups in total. The van der Waals surface area contributed by atoms with Crippen LogP contribution in [-0.4, -0.2) is 6.61 Å². The van der Waals surface area contributed by atoms with Crippen molar-refractivity contribution in [2.24, 2.45) is 5.92 Å². The number of nitrogens with zero attached hydrogens (tertiary/aromatic N) is 1. The molecule has 1 aliphatic rings. The summed E-state index contributed by atoms with van der Waals surface area (Å²) in [7, 11) is 0. The topological polar surface area (TPSA) is 33.0 Å². The number of halogens is 3. The van der Waals surface area contributed by atoms with Gasteiger partial charge in [-0.25, -0.2) is 0 Å². The molecule has 1 saturated carbocycles. The highest BCUT2D eigenvalue weighted by Gasteiger charge is 2.34. The molecule has 18 heavy (non-hydrogen) atoms. The van der Waals surface area contributed by atoms with Crippen LogP contribution < -0.4 is 4.74 Å². The van der Waals surface area contributed by atoms with E-state index in [0.717, 1.165) is 18.6 Å². The Kier molecular flexibility index (Phi) is 3.46. The Hall–Kier alpha value is -1.70. The van der Waals surface area contributed by atoms with Crippen LogP contribution in [0.1, 0.15) is 30.4 Å². The number of rotatable bonds is 4. The monoisotopic (exact) mass is 255 g/mol. The molecule has 1 aromatic rings. The lowest BCUT2D eigenvalue weighted by atomic mass is 10.1. The van der Waals surface area contributed by atoms with E-state index in [1.165, 1.54) is 25.0 Å². The second-order valence-electron chi connectivity index (χ2n) is 4.40. The van der Waals surface area contributed by atoms with Crippen LogP contribution in [0.15, 0.2) is 18.2 Å². The van der Waals surface area contributed by atoms with E-state index in [0.29, 0.717) is 12.5 Å². The number of benzene rings is 1. The molecule has 96 valence electrons. The standard InChI is InChI=1S/C13H12F3NO/c14-13(15,16)12-7-11(4-3-10(12)8-17)18-6-5-9-1-2-9/h3-4,7,9H,1-2,5-6H2. The molecule has 0 radical (unpaired) electrons. The molecule has 0 atom stereocenters. The molecule has 0 aromatic heterocycles. The number of alkyl halides is 3. The van der Waals surface area contributed by atoms with Gasteiger partial charge in [-0.15, -0.1) is 0 Å². The molecule has 1 aromatic carbocycles. The minimum atomic E-state index is -4.53. The van der Waals surface area contributed by atoms with E-state index in [-0.39, 0.29) is 11.3 Å². The Balaban J connectivity index is 2.09. The van der Waals surface area contributed by atoms with Crippen molar-refractivity contribution in [2.45, 2.75) is 25.4 Å². The third kappa shape index (κ3) is 3.16. The van der Waals surface area contributed by atoms with Gasteiger partial charge in [0.2, 0.25) is 0 Å². The van der Waals surface area contributed by atoms with Gasteiger partial charge in [-0.05, 0) is 30.5 Å². The molecule has 0 spiro atoms. The predicted molar refractivity (Wildman–Crippen MR) is 59.0 cm³/mol. The summed E-state index contributed by atoms with van der Waals surface area (Å²) in [5, 5.41) is 8.64. The Morgan fingerprint density at radius 3 is 2.61 bits per heavy atom. The summed E-state index contributed by atoms with van der Waals surface area (Å²) in [5.74, 6) is 0.840. The van der Waals surface area contributed by atoms with Gasteiger partial charge in [0.15, 0.2) is 0 Å². The third-order valence-electron chi connectivity index (χ3n) is 2.91. The maximum absolute atomic E-state index is 12.7. The van der Waals surface area contributed by atoms with E-state index in [4.69, 9.17) is 10.00 Å². The molecular weight excluding hydrogens is 243 g/mol. The zero-order valence-electron chi connectivity index (χ0n) is 9.63. The summed E-state index contributed by atoms with van der Waals surface area (Å²) in [6, 6.07) is 4.98. The van der Waals surface area contributed by atoms with Crippen LogP contribution in [0.3, 0.4) is 0 Å². The molecule has 1 fully saturated rings. The first-order valence-corrected chi connectivity index (χ1v) is 5.75. The minimum Gasteiger partial charge on any atom is -0.494 e. The van der Waals surface area contributed by atoms with E-state index in [1.54, 1.807) is 0 Å². The molecule has 0 unspecified atom stereocenters. The molecule has 0 saturated heterocycles. The van der Waals surface area contributed by atoms with E-state index < -0.39 is 11.7 Å². The van der Waals surface area contributed by atoms with Crippen LogP contribution in [0.5, 0.6) is 5.75 Å². The SMILES string of the molecule is N#Cc1ccc(OCCC2CC2)cc1C(F)(F)F. The van der Waals surface area contributed by atoms with Crippen molar-refractivity contribution < 1.29 is 17.9 Å². The van der Waals surface area contributed by atoms with Crippen molar-refractivity contribution in [3.63, 3.8) is 0 Å². The first kappa shape index (κ1) is 12.7. The largest absolute Gasteiger partial charge is 0.494 e. The molecule has 0 amide bonds. The molecule has 1 aliphatic carbocycles. The fourth-order valence-corrected chi connectivity index (χ4v) is 1.70. The van der Waals surface area contributed by atoms with Crippen LogP contribution in [0.2, 0.25) is 0 Å². The van der Waals surface area contributed by atoms with Crippen molar-refractivity contribution in [1.29, 1.82) is 5.26 Å². The van der Waals surface area contributed by atoms with E-state index in [1.807, 2.05) is 0 Å². The van der Waals surface area contributed by atoms with Gasteiger partial charge < -0.3 is 4.74 Å². The number of nitriles is 1. The molecule has 0 aliphatic heterocycles. The maximum atomic E-state index is 12.7. The van der Waals surface area contributed by atoms with Gasteiger partial charge in [-0.3, -0.25) is 0 Å². The van der Waals surface area contributed by atoms with Crippen LogP contribution in [0.4, 0.5) is 13.2 Å². The lowest BCUT2D eigenvalue weighted by molar-refractivity contribution is -0.137. The first-order valence-electron chi connectivity index (χ1n) is 5.75. The predicted octanol–water partition coefficient (Wildman–Crippen LogP) is 3.76. The molecule has 2 nitrogen and oxygen atoms in total. The summed E-state index contributed by atoms with van der Waals surface area (Å²) in [5.41, 5.74) is -1.31. The Labute approximate surface area is 103 Å². The highest BCUT2D eigenvalue weighted by molar-refractivity contribution is 5.44. The van der Waals surface area contributed by atoms with Gasteiger partial charge in [0.1, 0.15) is 5.75 Å². The van der Waals surface area contributed by atoms with Gasteiger partial charge in [-0.2, -0.15) is 18.4 Å². The molecular formula is C13H12F3NO. The van der Waals surface area contributed by atoms with Crippen molar-refractivity contribution >= 4 is 0 Å². The van der Waals surface area contributed by atoms with Gasteiger partial charge in [0.25, 0.3) is 0 Å². The second kappa shape index (κ2) is 4.89. The van der Waals surface area contributed by atoms with Gasteiger partial charge in [0, 0.05) is 0 Å². The van der Waals surface area contributed by atoms with Crippen LogP contribution in [0, 0.1) is 17.2 Å². The van der Waals surface area contributed by atoms with Gasteiger partial charge in [-0.1, -0.05) is 12.8 Å². The minimum absolute atomic E-state index is 0.168. The Bertz CT molecular complexity index is 472. The summed E-state index contributed by atoms with van der Waals surface area (Å²) in [4.78, 5) is 0. The summed E-state index contributed by atoms with van der Waals surface area (Å²) in [6.45, 7) is 0.424. The van der Waals surface area contributed by atoms with Crippen LogP contribution in [0.25, 0.3) is 0 Å². The summed E-state index contributed by atoms with van der Waals surface area (Å²) in [6.07, 6.45) is -1.28. The summed E-state index contributed by atoms with van der Waals surface area (Å²) < 4.78 is 43.3. The van der Waals surface area contributed by atoms with E-state index in [2.05, 4.69) is 0 Å². The maximum Gasteiger partial charge on any atom is 0.417 e. The van der Waals surface area contributed by atoms with Crippen molar-refractivity contribution in [1.82, 2.24) is 0 Å². The number of hydrogen-bond donors (Lipinski definition) is 0. The smallest absolute Gasteiger partial charge is 0.417 e. The first-order chi connectivity index (χ1) is 8.50. The van der Waals surface area contributed by atoms with E-state index in [9.17, 15) is 13.2 Å². The van der Waals surface area contributed by atoms with Crippen molar-refractivity contribution in [3.8, 4) is 11.8 Å². The zero-order valence-corrected chi connectivity index (χ0v) is 9.63. The average molecular weight is 255 g/mol. The Morgan fingerprint density at radius 2 is 2.06 bits per heavy atom. The van der Waals surface area contributed by atoms with Crippen molar-refractivity contribution in [3.05, 3.63) is 29.3 Å². The average Bonchev–Trinajstić information content (AvgIpc) is 3.12. The number of ether oxygens (including phenoxy) is 1. The fourth-order valence-electron chi connectivity index (χ4n) is 1.70. The fraction of sp³-hybridized carbons (Fsp3) is 0.462. The highest BCUT2D eigenvalue weighted by Crippen LogP contribution is 2.35. The lowest BCUT2D eigenvalue weighted by Gasteiger charge is -2.11. The molecule has 0 heterocycles. The second-order valence-corrected chi connectivity index (χ2v) is 4.40. The van der Waals surface area contributed by atoms with Gasteiger partial charge in [0.05, 0.1) is 23.8 Å². The van der Waals surface area contributed by atoms with E-state index >= 15 is 0 Å². The zero-order chi connectivity index (χ0) is 13.2.